The number of fused-ring (bicyclic) bond motifs is 2. The fraction of sp³-hybridized carbons (Fsp3) is 0.294. The summed E-state index contributed by atoms with van der Waals surface area (Å²) in [7, 11) is -6.73. The highest BCUT2D eigenvalue weighted by Crippen LogP contribution is 2.52. The molecule has 0 saturated carbocycles. The monoisotopic (exact) mass is 602 g/mol. The smallest absolute Gasteiger partial charge is 0.175 e. The molecule has 6 rings (SSSR count). The summed E-state index contributed by atoms with van der Waals surface area (Å²) < 4.78 is 48.2. The van der Waals surface area contributed by atoms with E-state index < -0.39 is 19.7 Å². The number of aromatic hydroxyl groups is 2. The number of benzene rings is 4. The van der Waals surface area contributed by atoms with Crippen molar-refractivity contribution in [2.24, 2.45) is 0 Å². The average Bonchev–Trinajstić information content (AvgIpc) is 2.96. The van der Waals surface area contributed by atoms with E-state index in [9.17, 15) is 27.0 Å². The first-order valence-electron chi connectivity index (χ1n) is 14.3. The molecule has 0 fully saturated rings. The van der Waals surface area contributed by atoms with Gasteiger partial charge >= 0.3 is 0 Å². The van der Waals surface area contributed by atoms with Gasteiger partial charge < -0.3 is 10.2 Å². The summed E-state index contributed by atoms with van der Waals surface area (Å²) in [5.41, 5.74) is 8.28. The first-order valence-corrected chi connectivity index (χ1v) is 18.1. The lowest BCUT2D eigenvalue weighted by Gasteiger charge is -2.28. The lowest BCUT2D eigenvalue weighted by Crippen LogP contribution is -2.10. The van der Waals surface area contributed by atoms with E-state index in [-0.39, 0.29) is 21.3 Å². The highest BCUT2D eigenvalue weighted by Gasteiger charge is 2.29. The fourth-order valence-electron chi connectivity index (χ4n) is 6.53. The summed E-state index contributed by atoms with van der Waals surface area (Å²) in [5, 5.41) is 24.0. The van der Waals surface area contributed by atoms with Crippen LogP contribution < -0.4 is 0 Å². The maximum absolute atomic E-state index is 12.1. The molecule has 218 valence electrons. The van der Waals surface area contributed by atoms with Gasteiger partial charge in [0.25, 0.3) is 0 Å². The second-order valence-electron chi connectivity index (χ2n) is 11.6. The number of aryl methyl sites for hydroxylation is 2. The zero-order chi connectivity index (χ0) is 29.8. The molecule has 0 unspecified atom stereocenters. The molecule has 0 atom stereocenters. The maximum atomic E-state index is 12.1. The normalized spacial score (nSPS) is 15.2. The first-order chi connectivity index (χ1) is 19.9. The van der Waals surface area contributed by atoms with Gasteiger partial charge in [-0.05, 0) is 121 Å². The summed E-state index contributed by atoms with van der Waals surface area (Å²) in [6.45, 7) is 0. The fourth-order valence-corrected chi connectivity index (χ4v) is 7.79. The predicted molar refractivity (Wildman–Crippen MR) is 166 cm³/mol. The van der Waals surface area contributed by atoms with Crippen molar-refractivity contribution in [1.82, 2.24) is 0 Å². The van der Waals surface area contributed by atoms with E-state index in [4.69, 9.17) is 0 Å². The van der Waals surface area contributed by atoms with Crippen LogP contribution in [0.1, 0.15) is 47.9 Å². The predicted octanol–water partition coefficient (Wildman–Crippen LogP) is 6.66. The summed E-state index contributed by atoms with van der Waals surface area (Å²) in [4.78, 5) is 0.426. The zero-order valence-corrected chi connectivity index (χ0v) is 25.4. The van der Waals surface area contributed by atoms with Gasteiger partial charge in [0.2, 0.25) is 0 Å². The third-order valence-electron chi connectivity index (χ3n) is 8.68. The molecule has 2 aliphatic carbocycles. The van der Waals surface area contributed by atoms with Gasteiger partial charge in [-0.25, -0.2) is 16.8 Å². The van der Waals surface area contributed by atoms with Crippen LogP contribution in [0.2, 0.25) is 0 Å². The first kappa shape index (κ1) is 28.5. The van der Waals surface area contributed by atoms with Crippen molar-refractivity contribution < 1.29 is 27.0 Å². The second-order valence-corrected chi connectivity index (χ2v) is 15.6. The Bertz CT molecular complexity index is 1780. The van der Waals surface area contributed by atoms with Gasteiger partial charge in [0.15, 0.2) is 19.7 Å². The largest absolute Gasteiger partial charge is 0.507 e. The molecular weight excluding hydrogens is 569 g/mol. The molecule has 0 aromatic heterocycles. The lowest BCUT2D eigenvalue weighted by atomic mass is 9.77. The Morgan fingerprint density at radius 3 is 1.19 bits per heavy atom. The molecule has 0 heterocycles. The van der Waals surface area contributed by atoms with E-state index in [1.165, 1.54) is 12.5 Å². The van der Waals surface area contributed by atoms with Gasteiger partial charge in [-0.15, -0.1) is 0 Å². The molecule has 0 amide bonds. The van der Waals surface area contributed by atoms with E-state index in [1.54, 1.807) is 48.5 Å². The van der Waals surface area contributed by atoms with Crippen LogP contribution in [0, 0.1) is 0 Å². The van der Waals surface area contributed by atoms with Crippen LogP contribution in [0.4, 0.5) is 0 Å². The Morgan fingerprint density at radius 1 is 0.524 bits per heavy atom. The van der Waals surface area contributed by atoms with E-state index in [1.807, 2.05) is 12.1 Å². The molecule has 2 N–H and O–H groups in total. The lowest BCUT2D eigenvalue weighted by molar-refractivity contribution is 0.468. The molecule has 4 aromatic rings. The summed E-state index contributed by atoms with van der Waals surface area (Å²) in [6, 6.07) is 17.2. The van der Waals surface area contributed by atoms with Gasteiger partial charge in [0.05, 0.1) is 9.79 Å². The van der Waals surface area contributed by atoms with Crippen LogP contribution >= 0.6 is 0 Å². The molecule has 2 aliphatic rings. The third kappa shape index (κ3) is 5.11. The van der Waals surface area contributed by atoms with Gasteiger partial charge in [0.1, 0.15) is 11.5 Å². The summed E-state index contributed by atoms with van der Waals surface area (Å²) >= 11 is 0. The topological polar surface area (TPSA) is 109 Å². The van der Waals surface area contributed by atoms with Crippen molar-refractivity contribution in [3.8, 4) is 44.9 Å². The molecule has 8 heteroatoms. The Labute approximate surface area is 247 Å². The Kier molecular flexibility index (Phi) is 7.18. The van der Waals surface area contributed by atoms with Crippen molar-refractivity contribution >= 4 is 19.7 Å². The van der Waals surface area contributed by atoms with Crippen LogP contribution in [0.5, 0.6) is 11.5 Å². The molecule has 0 saturated heterocycles. The average molecular weight is 603 g/mol. The van der Waals surface area contributed by atoms with Crippen LogP contribution in [0.25, 0.3) is 33.4 Å². The molecule has 0 bridgehead atoms. The molecule has 4 aromatic carbocycles. The number of rotatable bonds is 5. The Morgan fingerprint density at radius 2 is 0.857 bits per heavy atom. The molecule has 0 radical (unpaired) electrons. The zero-order valence-electron chi connectivity index (χ0n) is 23.8. The minimum absolute atomic E-state index is 0.0791. The van der Waals surface area contributed by atoms with E-state index in [2.05, 4.69) is 0 Å². The third-order valence-corrected chi connectivity index (χ3v) is 10.9. The van der Waals surface area contributed by atoms with Gasteiger partial charge in [-0.1, -0.05) is 24.3 Å². The van der Waals surface area contributed by atoms with Crippen molar-refractivity contribution in [1.29, 1.82) is 0 Å². The minimum atomic E-state index is -3.36. The van der Waals surface area contributed by atoms with E-state index in [0.29, 0.717) is 33.4 Å². The van der Waals surface area contributed by atoms with Gasteiger partial charge in [0, 0.05) is 34.8 Å². The number of hydrogen-bond donors (Lipinski definition) is 2. The number of phenolic OH excluding ortho intramolecular Hbond substituents is 2. The number of phenols is 2. The number of sulfone groups is 2. The van der Waals surface area contributed by atoms with Crippen LogP contribution in [-0.4, -0.2) is 39.6 Å². The Hall–Kier alpha value is -3.62. The standard InChI is InChI=1S/C34H34O6S2/c1-41(37,38)25-15-11-21(12-16-25)29-19-23-7-3-5-9-27(23)31(33(29)35)32-28-10-6-4-8-24(28)20-30(34(32)36)22-13-17-26(18-14-22)42(2,39)40/h11-20,35-36H,3-10H2,1-2H3. The summed E-state index contributed by atoms with van der Waals surface area (Å²) in [6.07, 6.45) is 9.64. The van der Waals surface area contributed by atoms with Crippen molar-refractivity contribution in [3.05, 3.63) is 82.9 Å². The summed E-state index contributed by atoms with van der Waals surface area (Å²) in [5.74, 6) is 0.158. The number of hydrogen-bond acceptors (Lipinski definition) is 6. The van der Waals surface area contributed by atoms with Crippen molar-refractivity contribution in [3.63, 3.8) is 0 Å². The van der Waals surface area contributed by atoms with Gasteiger partial charge in [-0.3, -0.25) is 0 Å². The highest BCUT2D eigenvalue weighted by atomic mass is 32.2. The quantitative estimate of drug-likeness (QED) is 0.264. The highest BCUT2D eigenvalue weighted by molar-refractivity contribution is 7.91. The molecule has 42 heavy (non-hydrogen) atoms. The minimum Gasteiger partial charge on any atom is -0.507 e. The van der Waals surface area contributed by atoms with Gasteiger partial charge in [-0.2, -0.15) is 0 Å². The molecule has 6 nitrogen and oxygen atoms in total. The van der Waals surface area contributed by atoms with Crippen LogP contribution in [0.3, 0.4) is 0 Å². The molecular formula is C34H34O6S2. The molecule has 0 spiro atoms. The maximum Gasteiger partial charge on any atom is 0.175 e. The second kappa shape index (κ2) is 10.6. The van der Waals surface area contributed by atoms with Crippen LogP contribution in [0.15, 0.2) is 70.5 Å². The molecule has 0 aliphatic heterocycles. The van der Waals surface area contributed by atoms with E-state index in [0.717, 1.165) is 73.6 Å². The van der Waals surface area contributed by atoms with E-state index >= 15 is 0 Å². The van der Waals surface area contributed by atoms with Crippen LogP contribution in [-0.2, 0) is 45.4 Å². The van der Waals surface area contributed by atoms with Crippen molar-refractivity contribution in [2.45, 2.75) is 61.2 Å². The SMILES string of the molecule is CS(=O)(=O)c1ccc(-c2cc3c(c(-c4c(O)c(-c5ccc(S(C)(=O)=O)cc5)cc5c4CCCC5)c2O)CCCC3)cc1. The van der Waals surface area contributed by atoms with Crippen molar-refractivity contribution in [2.75, 3.05) is 12.5 Å². The Balaban J connectivity index is 1.61.